The van der Waals surface area contributed by atoms with Crippen molar-refractivity contribution < 1.29 is 9.53 Å². The lowest BCUT2D eigenvalue weighted by molar-refractivity contribution is -0.129. The van der Waals surface area contributed by atoms with Crippen molar-refractivity contribution in [3.05, 3.63) is 12.4 Å². The van der Waals surface area contributed by atoms with E-state index in [0.717, 1.165) is 70.6 Å². The van der Waals surface area contributed by atoms with Gasteiger partial charge in [0.05, 0.1) is 17.3 Å². The molecule has 4 heterocycles. The van der Waals surface area contributed by atoms with Gasteiger partial charge in [0, 0.05) is 45.6 Å². The second-order valence-electron chi connectivity index (χ2n) is 7.28. The second-order valence-corrected chi connectivity index (χ2v) is 7.28. The lowest BCUT2D eigenvalue weighted by Gasteiger charge is -2.43. The summed E-state index contributed by atoms with van der Waals surface area (Å²) in [6, 6.07) is 0.598. The molecule has 126 valence electrons. The number of aryl methyl sites for hydroxylation is 1. The van der Waals surface area contributed by atoms with Crippen LogP contribution >= 0.6 is 0 Å². The monoisotopic (exact) mass is 318 g/mol. The van der Waals surface area contributed by atoms with E-state index in [4.69, 9.17) is 4.74 Å². The summed E-state index contributed by atoms with van der Waals surface area (Å²) in [5.41, 5.74) is 0.768. The number of amides is 1. The first-order chi connectivity index (χ1) is 11.2. The fraction of sp³-hybridized carbons (Fsp3) is 0.765. The van der Waals surface area contributed by atoms with Crippen LogP contribution in [0.15, 0.2) is 12.4 Å². The van der Waals surface area contributed by atoms with Gasteiger partial charge in [-0.05, 0) is 38.6 Å². The first kappa shape index (κ1) is 15.1. The Morgan fingerprint density at radius 2 is 2.09 bits per heavy atom. The summed E-state index contributed by atoms with van der Waals surface area (Å²) in [5, 5.41) is 4.22. The van der Waals surface area contributed by atoms with E-state index in [1.807, 2.05) is 18.1 Å². The van der Waals surface area contributed by atoms with E-state index >= 15 is 0 Å². The largest absolute Gasteiger partial charge is 0.381 e. The summed E-state index contributed by atoms with van der Waals surface area (Å²) in [7, 11) is 1.90. The third-order valence-corrected chi connectivity index (χ3v) is 5.83. The highest BCUT2D eigenvalue weighted by atomic mass is 16.5. The van der Waals surface area contributed by atoms with Gasteiger partial charge in [0.25, 0.3) is 0 Å². The van der Waals surface area contributed by atoms with Gasteiger partial charge in [-0.25, -0.2) is 0 Å². The van der Waals surface area contributed by atoms with Gasteiger partial charge in [0.2, 0.25) is 5.91 Å². The van der Waals surface area contributed by atoms with Crippen LogP contribution < -0.4 is 4.90 Å². The number of ether oxygens (including phenoxy) is 1. The number of rotatable bonds is 2. The Bertz CT molecular complexity index is 581. The number of anilines is 1. The zero-order valence-corrected chi connectivity index (χ0v) is 13.9. The third-order valence-electron chi connectivity index (χ3n) is 5.83. The lowest BCUT2D eigenvalue weighted by Crippen LogP contribution is -2.52. The molecule has 1 spiro atoms. The Hall–Kier alpha value is -1.40. The lowest BCUT2D eigenvalue weighted by atomic mass is 9.77. The molecule has 6 heteroatoms. The minimum atomic E-state index is -0.174. The number of carbonyl (C=O) groups excluding carboxylic acids is 1. The Labute approximate surface area is 137 Å². The van der Waals surface area contributed by atoms with E-state index < -0.39 is 0 Å². The standard InChI is InChI=1S/C17H26N4O2/c1-19-12-15(11-18-19)21-8-6-17(16(21)22)5-2-7-20(13-17)14-3-9-23-10-4-14/h11-12,14H,2-10,13H2,1H3/t17-/m1/s1. The molecule has 0 bridgehead atoms. The normalized spacial score (nSPS) is 30.5. The van der Waals surface area contributed by atoms with Gasteiger partial charge in [-0.2, -0.15) is 5.10 Å². The Kier molecular flexibility index (Phi) is 3.89. The van der Waals surface area contributed by atoms with E-state index in [9.17, 15) is 4.79 Å². The topological polar surface area (TPSA) is 50.6 Å². The molecule has 0 saturated carbocycles. The number of nitrogens with zero attached hydrogens (tertiary/aromatic N) is 4. The van der Waals surface area contributed by atoms with Crippen LogP contribution in [0.3, 0.4) is 0 Å². The van der Waals surface area contributed by atoms with Crippen LogP contribution in [0.2, 0.25) is 0 Å². The van der Waals surface area contributed by atoms with Crippen LogP contribution in [0.4, 0.5) is 5.69 Å². The minimum Gasteiger partial charge on any atom is -0.381 e. The van der Waals surface area contributed by atoms with E-state index in [2.05, 4.69) is 10.00 Å². The molecule has 6 nitrogen and oxygen atoms in total. The molecule has 4 rings (SSSR count). The van der Waals surface area contributed by atoms with Crippen molar-refractivity contribution >= 4 is 11.6 Å². The van der Waals surface area contributed by atoms with Crippen LogP contribution in [-0.4, -0.2) is 59.5 Å². The molecule has 23 heavy (non-hydrogen) atoms. The van der Waals surface area contributed by atoms with Crippen LogP contribution in [0.1, 0.15) is 32.1 Å². The number of carbonyl (C=O) groups is 1. The maximum atomic E-state index is 13.2. The molecule has 0 unspecified atom stereocenters. The molecule has 1 amide bonds. The fourth-order valence-electron chi connectivity index (χ4n) is 4.52. The molecule has 3 fully saturated rings. The predicted octanol–water partition coefficient (Wildman–Crippen LogP) is 1.42. The molecule has 3 saturated heterocycles. The second kappa shape index (κ2) is 5.91. The van der Waals surface area contributed by atoms with Gasteiger partial charge in [0.1, 0.15) is 0 Å². The average Bonchev–Trinajstić information content (AvgIpc) is 3.14. The molecule has 3 aliphatic heterocycles. The van der Waals surface area contributed by atoms with Crippen molar-refractivity contribution in [1.29, 1.82) is 0 Å². The summed E-state index contributed by atoms with van der Waals surface area (Å²) in [6.07, 6.45) is 9.09. The molecule has 0 aliphatic carbocycles. The summed E-state index contributed by atoms with van der Waals surface area (Å²) in [6.45, 7) is 4.61. The quantitative estimate of drug-likeness (QED) is 0.827. The number of hydrogen-bond acceptors (Lipinski definition) is 4. The van der Waals surface area contributed by atoms with Crippen LogP contribution in [-0.2, 0) is 16.6 Å². The maximum Gasteiger partial charge on any atom is 0.234 e. The van der Waals surface area contributed by atoms with E-state index in [1.165, 1.54) is 0 Å². The molecular formula is C17H26N4O2. The molecule has 0 N–H and O–H groups in total. The fourth-order valence-corrected chi connectivity index (χ4v) is 4.52. The average molecular weight is 318 g/mol. The molecule has 1 aromatic rings. The predicted molar refractivity (Wildman–Crippen MR) is 87.3 cm³/mol. The van der Waals surface area contributed by atoms with Crippen LogP contribution in [0.25, 0.3) is 0 Å². The third kappa shape index (κ3) is 2.68. The number of hydrogen-bond donors (Lipinski definition) is 0. The summed E-state index contributed by atoms with van der Waals surface area (Å²) < 4.78 is 7.26. The van der Waals surface area contributed by atoms with E-state index in [1.54, 1.807) is 10.9 Å². The summed E-state index contributed by atoms with van der Waals surface area (Å²) >= 11 is 0. The first-order valence-electron chi connectivity index (χ1n) is 8.80. The summed E-state index contributed by atoms with van der Waals surface area (Å²) in [5.74, 6) is 0.308. The van der Waals surface area contributed by atoms with Gasteiger partial charge < -0.3 is 9.64 Å². The number of piperidine rings is 1. The number of aromatic nitrogens is 2. The Morgan fingerprint density at radius 1 is 1.26 bits per heavy atom. The van der Waals surface area contributed by atoms with Crippen molar-refractivity contribution in [3.63, 3.8) is 0 Å². The van der Waals surface area contributed by atoms with E-state index in [-0.39, 0.29) is 5.41 Å². The molecule has 1 aromatic heterocycles. The van der Waals surface area contributed by atoms with Crippen molar-refractivity contribution in [2.45, 2.75) is 38.1 Å². The highest BCUT2D eigenvalue weighted by molar-refractivity contribution is 6.00. The van der Waals surface area contributed by atoms with Crippen molar-refractivity contribution in [2.75, 3.05) is 37.7 Å². The minimum absolute atomic E-state index is 0.174. The molecule has 3 aliphatic rings. The molecule has 1 atom stereocenters. The SMILES string of the molecule is Cn1cc(N2CC[C@@]3(CCCN(C4CCOCC4)C3)C2=O)cn1. The van der Waals surface area contributed by atoms with Gasteiger partial charge in [0.15, 0.2) is 0 Å². The van der Waals surface area contributed by atoms with Crippen LogP contribution in [0.5, 0.6) is 0 Å². The van der Waals surface area contributed by atoms with Gasteiger partial charge >= 0.3 is 0 Å². The first-order valence-corrected chi connectivity index (χ1v) is 8.80. The van der Waals surface area contributed by atoms with E-state index in [0.29, 0.717) is 11.9 Å². The van der Waals surface area contributed by atoms with Gasteiger partial charge in [-0.3, -0.25) is 14.4 Å². The van der Waals surface area contributed by atoms with Crippen molar-refractivity contribution in [2.24, 2.45) is 12.5 Å². The molecule has 0 aromatic carbocycles. The number of likely N-dealkylation sites (tertiary alicyclic amines) is 1. The van der Waals surface area contributed by atoms with Crippen LogP contribution in [0, 0.1) is 5.41 Å². The highest BCUT2D eigenvalue weighted by Gasteiger charge is 2.50. The molecule has 0 radical (unpaired) electrons. The van der Waals surface area contributed by atoms with Gasteiger partial charge in [-0.15, -0.1) is 0 Å². The zero-order valence-electron chi connectivity index (χ0n) is 13.9. The highest BCUT2D eigenvalue weighted by Crippen LogP contribution is 2.42. The summed E-state index contributed by atoms with van der Waals surface area (Å²) in [4.78, 5) is 17.7. The Morgan fingerprint density at radius 3 is 2.83 bits per heavy atom. The van der Waals surface area contributed by atoms with Crippen molar-refractivity contribution in [3.8, 4) is 0 Å². The Balaban J connectivity index is 1.50. The maximum absolute atomic E-state index is 13.2. The smallest absolute Gasteiger partial charge is 0.234 e. The molecular weight excluding hydrogens is 292 g/mol. The van der Waals surface area contributed by atoms with Gasteiger partial charge in [-0.1, -0.05) is 0 Å². The van der Waals surface area contributed by atoms with Crippen molar-refractivity contribution in [1.82, 2.24) is 14.7 Å². The zero-order chi connectivity index (χ0) is 15.9.